The van der Waals surface area contributed by atoms with Gasteiger partial charge in [-0.25, -0.2) is 0 Å². The zero-order valence-electron chi connectivity index (χ0n) is 19.5. The average Bonchev–Trinajstić information content (AvgIpc) is 2.86. The molecule has 34 heavy (non-hydrogen) atoms. The lowest BCUT2D eigenvalue weighted by Crippen LogP contribution is -2.23. The first-order valence-corrected chi connectivity index (χ1v) is 11.0. The van der Waals surface area contributed by atoms with Crippen LogP contribution >= 0.6 is 0 Å². The summed E-state index contributed by atoms with van der Waals surface area (Å²) in [7, 11) is 1.57. The number of nitrogens with one attached hydrogen (secondary N) is 1. The van der Waals surface area contributed by atoms with Crippen LogP contribution in [0.3, 0.4) is 0 Å². The summed E-state index contributed by atoms with van der Waals surface area (Å²) < 4.78 is 11.7. The number of aryl methyl sites for hydroxylation is 1. The highest BCUT2D eigenvalue weighted by molar-refractivity contribution is 6.01. The van der Waals surface area contributed by atoms with Gasteiger partial charge in [-0.1, -0.05) is 66.2 Å². The molecule has 0 heterocycles. The van der Waals surface area contributed by atoms with E-state index in [1.54, 1.807) is 25.3 Å². The molecule has 3 aromatic carbocycles. The Kier molecular flexibility index (Phi) is 8.65. The highest BCUT2D eigenvalue weighted by Crippen LogP contribution is 2.35. The second-order valence-electron chi connectivity index (χ2n) is 7.82. The Morgan fingerprint density at radius 1 is 1.09 bits per heavy atom. The molecule has 0 radical (unpaired) electrons. The van der Waals surface area contributed by atoms with Gasteiger partial charge < -0.3 is 14.8 Å². The van der Waals surface area contributed by atoms with Crippen molar-refractivity contribution in [2.75, 3.05) is 7.11 Å². The number of amides is 1. The quantitative estimate of drug-likeness (QED) is 0.249. The van der Waals surface area contributed by atoms with Gasteiger partial charge >= 0.3 is 0 Å². The molecule has 172 valence electrons. The average molecular weight is 453 g/mol. The molecule has 0 saturated carbocycles. The minimum atomic E-state index is -0.435. The molecule has 0 aliphatic heterocycles. The lowest BCUT2D eigenvalue weighted by atomic mass is 10.0. The van der Waals surface area contributed by atoms with Gasteiger partial charge in [0, 0.05) is 12.1 Å². The third kappa shape index (κ3) is 6.60. The number of allylic oxidation sites excluding steroid dienone is 1. The summed E-state index contributed by atoms with van der Waals surface area (Å²) in [6, 6.07) is 23.3. The van der Waals surface area contributed by atoms with Crippen molar-refractivity contribution in [1.82, 2.24) is 5.32 Å². The molecule has 0 saturated heterocycles. The van der Waals surface area contributed by atoms with Gasteiger partial charge in [0.1, 0.15) is 18.2 Å². The van der Waals surface area contributed by atoms with Crippen molar-refractivity contribution in [3.63, 3.8) is 0 Å². The van der Waals surface area contributed by atoms with E-state index in [1.165, 1.54) is 5.56 Å². The zero-order valence-corrected chi connectivity index (χ0v) is 19.5. The highest BCUT2D eigenvalue weighted by atomic mass is 16.5. The minimum Gasteiger partial charge on any atom is -0.493 e. The molecule has 0 aliphatic rings. The summed E-state index contributed by atoms with van der Waals surface area (Å²) in [6.07, 6.45) is 3.88. The molecule has 3 rings (SSSR count). The summed E-state index contributed by atoms with van der Waals surface area (Å²) in [5.41, 5.74) is 4.72. The third-order valence-electron chi connectivity index (χ3n) is 5.21. The molecule has 5 nitrogen and oxygen atoms in total. The number of hydrogen-bond acceptors (Lipinski definition) is 4. The first-order chi connectivity index (χ1) is 16.5. The Morgan fingerprint density at radius 2 is 1.82 bits per heavy atom. The van der Waals surface area contributed by atoms with Crippen molar-refractivity contribution < 1.29 is 14.3 Å². The predicted octanol–water partition coefficient (Wildman–Crippen LogP) is 5.53. The van der Waals surface area contributed by atoms with Crippen LogP contribution in [0.4, 0.5) is 0 Å². The van der Waals surface area contributed by atoms with Crippen LogP contribution in [0.2, 0.25) is 0 Å². The maximum absolute atomic E-state index is 12.6. The largest absolute Gasteiger partial charge is 0.493 e. The number of carbonyl (C=O) groups excluding carboxylic acids is 1. The molecule has 0 atom stereocenters. The number of nitrogens with zero attached hydrogens (tertiary/aromatic N) is 1. The van der Waals surface area contributed by atoms with E-state index in [1.807, 2.05) is 73.7 Å². The summed E-state index contributed by atoms with van der Waals surface area (Å²) >= 11 is 0. The molecule has 0 fully saturated rings. The van der Waals surface area contributed by atoms with E-state index in [4.69, 9.17) is 9.47 Å². The monoisotopic (exact) mass is 452 g/mol. The molecular weight excluding hydrogens is 424 g/mol. The van der Waals surface area contributed by atoms with Crippen LogP contribution < -0.4 is 14.8 Å². The second kappa shape index (κ2) is 12.1. The van der Waals surface area contributed by atoms with E-state index < -0.39 is 5.91 Å². The number of nitriles is 1. The fourth-order valence-electron chi connectivity index (χ4n) is 3.42. The molecule has 0 spiro atoms. The number of carbonyl (C=O) groups is 1. The van der Waals surface area contributed by atoms with E-state index in [-0.39, 0.29) is 5.57 Å². The maximum atomic E-state index is 12.6. The lowest BCUT2D eigenvalue weighted by Gasteiger charge is -2.16. The van der Waals surface area contributed by atoms with E-state index >= 15 is 0 Å². The Hall–Kier alpha value is -4.30. The minimum absolute atomic E-state index is 0.0101. The molecule has 3 aromatic rings. The van der Waals surface area contributed by atoms with Crippen LogP contribution in [0, 0.1) is 18.3 Å². The molecule has 1 N–H and O–H groups in total. The van der Waals surface area contributed by atoms with E-state index in [0.717, 1.165) is 16.7 Å². The van der Waals surface area contributed by atoms with Gasteiger partial charge in [0.15, 0.2) is 11.5 Å². The number of ether oxygens (including phenoxy) is 2. The van der Waals surface area contributed by atoms with Gasteiger partial charge in [-0.3, -0.25) is 4.79 Å². The number of methoxy groups -OCH3 is 1. The molecule has 1 amide bonds. The Morgan fingerprint density at radius 3 is 2.47 bits per heavy atom. The molecule has 5 heteroatoms. The molecule has 0 bridgehead atoms. The topological polar surface area (TPSA) is 71.4 Å². The van der Waals surface area contributed by atoms with Gasteiger partial charge in [-0.05, 0) is 48.2 Å². The standard InChI is InChI=1S/C29H28N2O3/c1-4-8-25-15-24(16-26(18-30)29(32)31-19-22-9-6-5-7-10-22)17-27(33-3)28(25)34-20-23-13-11-21(2)12-14-23/h4-7,9-17H,1,8,19-20H2,2-3H3,(H,31,32)/b26-16+. The van der Waals surface area contributed by atoms with Gasteiger partial charge in [-0.15, -0.1) is 6.58 Å². The smallest absolute Gasteiger partial charge is 0.262 e. The van der Waals surface area contributed by atoms with Crippen LogP contribution in [0.15, 0.2) is 85.0 Å². The Labute approximate surface area is 201 Å². The Bertz CT molecular complexity index is 1210. The van der Waals surface area contributed by atoms with Crippen molar-refractivity contribution in [3.05, 3.63) is 113 Å². The van der Waals surface area contributed by atoms with Crippen LogP contribution in [-0.2, 0) is 24.4 Å². The number of rotatable bonds is 10. The van der Waals surface area contributed by atoms with E-state index in [2.05, 4.69) is 11.9 Å². The number of benzene rings is 3. The van der Waals surface area contributed by atoms with Crippen LogP contribution in [0.1, 0.15) is 27.8 Å². The summed E-state index contributed by atoms with van der Waals surface area (Å²) in [6.45, 7) is 6.61. The first kappa shape index (κ1) is 24.3. The fourth-order valence-corrected chi connectivity index (χ4v) is 3.42. The maximum Gasteiger partial charge on any atom is 0.262 e. The van der Waals surface area contributed by atoms with Crippen LogP contribution in [0.25, 0.3) is 6.08 Å². The van der Waals surface area contributed by atoms with Crippen LogP contribution in [-0.4, -0.2) is 13.0 Å². The van der Waals surface area contributed by atoms with Gasteiger partial charge in [-0.2, -0.15) is 5.26 Å². The first-order valence-electron chi connectivity index (χ1n) is 11.0. The molecule has 0 unspecified atom stereocenters. The normalized spacial score (nSPS) is 10.8. The van der Waals surface area contributed by atoms with Crippen molar-refractivity contribution in [2.24, 2.45) is 0 Å². The van der Waals surface area contributed by atoms with Crippen LogP contribution in [0.5, 0.6) is 11.5 Å². The summed E-state index contributed by atoms with van der Waals surface area (Å²) in [5, 5.41) is 12.4. The van der Waals surface area contributed by atoms with Crippen molar-refractivity contribution in [1.29, 1.82) is 5.26 Å². The Balaban J connectivity index is 1.83. The second-order valence-corrected chi connectivity index (χ2v) is 7.82. The number of hydrogen-bond donors (Lipinski definition) is 1. The van der Waals surface area contributed by atoms with Gasteiger partial charge in [0.05, 0.1) is 7.11 Å². The summed E-state index contributed by atoms with van der Waals surface area (Å²) in [4.78, 5) is 12.6. The van der Waals surface area contributed by atoms with Gasteiger partial charge in [0.2, 0.25) is 0 Å². The van der Waals surface area contributed by atoms with E-state index in [9.17, 15) is 10.1 Å². The summed E-state index contributed by atoms with van der Waals surface area (Å²) in [5.74, 6) is 0.710. The predicted molar refractivity (Wildman–Crippen MR) is 134 cm³/mol. The molecule has 0 aliphatic carbocycles. The van der Waals surface area contributed by atoms with Crippen molar-refractivity contribution >= 4 is 12.0 Å². The highest BCUT2D eigenvalue weighted by Gasteiger charge is 2.15. The van der Waals surface area contributed by atoms with Crippen molar-refractivity contribution in [2.45, 2.75) is 26.5 Å². The zero-order chi connectivity index (χ0) is 24.3. The molecular formula is C29H28N2O3. The molecule has 0 aromatic heterocycles. The fraction of sp³-hybridized carbons (Fsp3) is 0.172. The SMILES string of the molecule is C=CCc1cc(/C=C(\C#N)C(=O)NCc2ccccc2)cc(OC)c1OCc1ccc(C)cc1. The van der Waals surface area contributed by atoms with E-state index in [0.29, 0.717) is 36.6 Å². The lowest BCUT2D eigenvalue weighted by molar-refractivity contribution is -0.117. The van der Waals surface area contributed by atoms with Crippen molar-refractivity contribution in [3.8, 4) is 17.6 Å². The van der Waals surface area contributed by atoms with Gasteiger partial charge in [0.25, 0.3) is 5.91 Å². The third-order valence-corrected chi connectivity index (χ3v) is 5.21.